The Labute approximate surface area is 130 Å². The quantitative estimate of drug-likeness (QED) is 0.605. The predicted molar refractivity (Wildman–Crippen MR) is 84.7 cm³/mol. The summed E-state index contributed by atoms with van der Waals surface area (Å²) in [5.41, 5.74) is 2.19. The molecule has 2 amide bonds. The van der Waals surface area contributed by atoms with Crippen LogP contribution in [0.4, 0.5) is 0 Å². The number of hydrogen-bond donors (Lipinski definition) is 0. The molecule has 1 aliphatic rings. The molecule has 1 aliphatic heterocycles. The van der Waals surface area contributed by atoms with E-state index in [1.165, 1.54) is 4.90 Å². The van der Waals surface area contributed by atoms with Crippen LogP contribution in [0, 0.1) is 3.57 Å². The minimum absolute atomic E-state index is 0.184. The maximum absolute atomic E-state index is 12.2. The molecule has 0 saturated heterocycles. The molecule has 0 spiro atoms. The largest absolute Gasteiger partial charge is 0.274 e. The van der Waals surface area contributed by atoms with Crippen molar-refractivity contribution in [1.82, 2.24) is 4.90 Å². The van der Waals surface area contributed by atoms with Gasteiger partial charge >= 0.3 is 0 Å². The zero-order chi connectivity index (χ0) is 14.1. The highest BCUT2D eigenvalue weighted by Gasteiger charge is 2.34. The summed E-state index contributed by atoms with van der Waals surface area (Å²) in [5.74, 6) is -0.368. The number of benzene rings is 2. The summed E-state index contributed by atoms with van der Waals surface area (Å²) >= 11 is 2.27. The summed E-state index contributed by atoms with van der Waals surface area (Å²) in [4.78, 5) is 25.8. The van der Waals surface area contributed by atoms with Crippen molar-refractivity contribution < 1.29 is 9.59 Å². The summed E-state index contributed by atoms with van der Waals surface area (Å²) in [6.45, 7) is 0.423. The maximum atomic E-state index is 12.2. The van der Waals surface area contributed by atoms with E-state index >= 15 is 0 Å². The minimum Gasteiger partial charge on any atom is -0.274 e. The van der Waals surface area contributed by atoms with Crippen molar-refractivity contribution in [2.24, 2.45) is 0 Å². The van der Waals surface area contributed by atoms with E-state index in [0.29, 0.717) is 24.1 Å². The monoisotopic (exact) mass is 381 g/mol. The number of carbonyl (C=O) groups excluding carboxylic acids is 2. The lowest BCUT2D eigenvalue weighted by Gasteiger charge is -2.14. The van der Waals surface area contributed by atoms with Crippen LogP contribution in [0.1, 0.15) is 26.3 Å². The Balaban J connectivity index is 1.79. The Morgan fingerprint density at radius 3 is 2.00 bits per heavy atom. The number of fused-ring (bicyclic) bond motifs is 1. The molecule has 0 atom stereocenters. The molecular formula is C16H12INO2. The fourth-order valence-corrected chi connectivity index (χ4v) is 3.03. The van der Waals surface area contributed by atoms with Crippen molar-refractivity contribution in [2.45, 2.75) is 6.42 Å². The zero-order valence-corrected chi connectivity index (χ0v) is 12.8. The minimum atomic E-state index is -0.184. The van der Waals surface area contributed by atoms with Gasteiger partial charge in [-0.15, -0.1) is 0 Å². The highest BCUT2D eigenvalue weighted by atomic mass is 131. The standard InChI is InChI=1S/C16H12INO2/c17-14-8-4-1-5-11(14)9-10-18-15(19)12-6-2-3-7-13(12)16(18)20/h1-8H,9-10H2/i17+4. The maximum Gasteiger partial charge on any atom is 0.261 e. The average Bonchev–Trinajstić information content (AvgIpc) is 2.71. The molecule has 0 radical (unpaired) electrons. The lowest BCUT2D eigenvalue weighted by Crippen LogP contribution is -2.31. The summed E-state index contributed by atoms with van der Waals surface area (Å²) in [5, 5.41) is 0. The fraction of sp³-hybridized carbons (Fsp3) is 0.125. The van der Waals surface area contributed by atoms with E-state index in [4.69, 9.17) is 0 Å². The van der Waals surface area contributed by atoms with E-state index in [1.807, 2.05) is 24.3 Å². The van der Waals surface area contributed by atoms with E-state index in [0.717, 1.165) is 9.13 Å². The summed E-state index contributed by atoms with van der Waals surface area (Å²) in [6.07, 6.45) is 0.685. The van der Waals surface area contributed by atoms with E-state index < -0.39 is 0 Å². The zero-order valence-electron chi connectivity index (χ0n) is 10.7. The number of amides is 2. The number of hydrogen-bond acceptors (Lipinski definition) is 2. The summed E-state index contributed by atoms with van der Waals surface area (Å²) in [6, 6.07) is 15.0. The van der Waals surface area contributed by atoms with Gasteiger partial charge in [0, 0.05) is 10.1 Å². The molecule has 2 aromatic carbocycles. The lowest BCUT2D eigenvalue weighted by atomic mass is 10.1. The first-order chi connectivity index (χ1) is 9.68. The second-order valence-corrected chi connectivity index (χ2v) is 5.81. The van der Waals surface area contributed by atoms with Crippen LogP contribution in [0.3, 0.4) is 0 Å². The van der Waals surface area contributed by atoms with Gasteiger partial charge in [-0.2, -0.15) is 0 Å². The molecule has 1 heterocycles. The van der Waals surface area contributed by atoms with Crippen molar-refractivity contribution in [2.75, 3.05) is 6.54 Å². The van der Waals surface area contributed by atoms with Gasteiger partial charge < -0.3 is 0 Å². The van der Waals surface area contributed by atoms with Gasteiger partial charge in [-0.25, -0.2) is 0 Å². The second-order valence-electron chi connectivity index (χ2n) is 4.65. The van der Waals surface area contributed by atoms with Crippen molar-refractivity contribution in [3.8, 4) is 0 Å². The molecule has 0 saturated carbocycles. The molecule has 3 nitrogen and oxygen atoms in total. The van der Waals surface area contributed by atoms with Gasteiger partial charge in [0.05, 0.1) is 11.1 Å². The third-order valence-corrected chi connectivity index (χ3v) is 4.49. The molecule has 0 N–H and O–H groups in total. The van der Waals surface area contributed by atoms with Crippen LogP contribution in [-0.2, 0) is 6.42 Å². The molecule has 0 fully saturated rings. The molecule has 3 rings (SSSR count). The molecule has 0 unspecified atom stereocenters. The molecule has 4 heteroatoms. The van der Waals surface area contributed by atoms with Crippen LogP contribution in [-0.4, -0.2) is 23.3 Å². The van der Waals surface area contributed by atoms with Gasteiger partial charge in [-0.1, -0.05) is 30.3 Å². The van der Waals surface area contributed by atoms with Crippen LogP contribution in [0.15, 0.2) is 48.5 Å². The molecule has 100 valence electrons. The Hall–Kier alpha value is -1.69. The van der Waals surface area contributed by atoms with Crippen molar-refractivity contribution in [1.29, 1.82) is 0 Å². The van der Waals surface area contributed by atoms with Crippen LogP contribution < -0.4 is 0 Å². The molecule has 0 aliphatic carbocycles. The van der Waals surface area contributed by atoms with Crippen LogP contribution >= 0.6 is 22.6 Å². The third kappa shape index (κ3) is 2.24. The molecular weight excluding hydrogens is 369 g/mol. The molecule has 0 aromatic heterocycles. The van der Waals surface area contributed by atoms with Gasteiger partial charge in [0.1, 0.15) is 0 Å². The Morgan fingerprint density at radius 1 is 0.850 bits per heavy atom. The van der Waals surface area contributed by atoms with Gasteiger partial charge in [0.15, 0.2) is 0 Å². The number of imide groups is 1. The smallest absolute Gasteiger partial charge is 0.261 e. The predicted octanol–water partition coefficient (Wildman–Crippen LogP) is 3.13. The van der Waals surface area contributed by atoms with Crippen molar-refractivity contribution >= 4 is 34.4 Å². The van der Waals surface area contributed by atoms with E-state index in [-0.39, 0.29) is 11.8 Å². The second kappa shape index (κ2) is 5.36. The summed E-state index contributed by atoms with van der Waals surface area (Å²) < 4.78 is 1.15. The van der Waals surface area contributed by atoms with Gasteiger partial charge in [0.2, 0.25) is 0 Å². The first-order valence-electron chi connectivity index (χ1n) is 6.37. The first-order valence-corrected chi connectivity index (χ1v) is 7.45. The highest BCUT2D eigenvalue weighted by Crippen LogP contribution is 2.23. The average molecular weight is 381 g/mol. The number of nitrogens with zero attached hydrogens (tertiary/aromatic N) is 1. The number of rotatable bonds is 3. The van der Waals surface area contributed by atoms with Crippen molar-refractivity contribution in [3.63, 3.8) is 0 Å². The van der Waals surface area contributed by atoms with Gasteiger partial charge in [-0.05, 0) is 52.8 Å². The van der Waals surface area contributed by atoms with Gasteiger partial charge in [-0.3, -0.25) is 14.5 Å². The van der Waals surface area contributed by atoms with Crippen molar-refractivity contribution in [3.05, 3.63) is 68.8 Å². The van der Waals surface area contributed by atoms with E-state index in [2.05, 4.69) is 22.6 Å². The highest BCUT2D eigenvalue weighted by molar-refractivity contribution is 14.1. The molecule has 20 heavy (non-hydrogen) atoms. The molecule has 0 bridgehead atoms. The topological polar surface area (TPSA) is 37.4 Å². The summed E-state index contributed by atoms with van der Waals surface area (Å²) in [7, 11) is 0. The van der Waals surface area contributed by atoms with Crippen LogP contribution in [0.25, 0.3) is 0 Å². The Bertz CT molecular complexity index is 661. The lowest BCUT2D eigenvalue weighted by molar-refractivity contribution is 0.0656. The van der Waals surface area contributed by atoms with E-state index in [9.17, 15) is 9.59 Å². The SMILES string of the molecule is O=C1c2ccccc2C(=O)N1CCc1ccccc1[131I]. The van der Waals surface area contributed by atoms with Crippen LogP contribution in [0.5, 0.6) is 0 Å². The Morgan fingerprint density at radius 2 is 1.40 bits per heavy atom. The molecule has 2 aromatic rings. The third-order valence-electron chi connectivity index (χ3n) is 3.44. The van der Waals surface area contributed by atoms with E-state index in [1.54, 1.807) is 24.3 Å². The Kier molecular flexibility index (Phi) is 3.56. The normalized spacial score (nSPS) is 13.8. The van der Waals surface area contributed by atoms with Crippen LogP contribution in [0.2, 0.25) is 0 Å². The number of carbonyl (C=O) groups is 2. The van der Waals surface area contributed by atoms with Gasteiger partial charge in [0.25, 0.3) is 11.8 Å². The fourth-order valence-electron chi connectivity index (χ4n) is 2.38. The number of halogens is 1. The first kappa shape index (κ1) is 13.3.